The second-order valence-electron chi connectivity index (χ2n) is 8.23. The molecule has 0 aromatic rings. The third-order valence-corrected chi connectivity index (χ3v) is 4.86. The summed E-state index contributed by atoms with van der Waals surface area (Å²) in [5.41, 5.74) is 0. The molecule has 0 aliphatic carbocycles. The predicted octanol–water partition coefficient (Wildman–Crippen LogP) is 5.83. The highest BCUT2D eigenvalue weighted by molar-refractivity contribution is 4.57. The van der Waals surface area contributed by atoms with Gasteiger partial charge in [-0.15, -0.1) is 0 Å². The number of ether oxygens (including phenoxy) is 4. The Morgan fingerprint density at radius 1 is 0.444 bits per heavy atom. The van der Waals surface area contributed by atoms with E-state index in [-0.39, 0.29) is 14.9 Å². The molecular weight excluding hydrogens is 340 g/mol. The first-order valence-electron chi connectivity index (χ1n) is 10.4. The van der Waals surface area contributed by atoms with Crippen LogP contribution in [0.2, 0.25) is 0 Å². The quantitative estimate of drug-likeness (QED) is 0.521. The molecule has 4 heteroatoms. The number of hydrogen-bond donors (Lipinski definition) is 0. The molecule has 0 spiro atoms. The molecule has 4 saturated heterocycles. The first-order valence-corrected chi connectivity index (χ1v) is 10.4. The monoisotopic (exact) mass is 390 g/mol. The van der Waals surface area contributed by atoms with Gasteiger partial charge in [0.1, 0.15) is 0 Å². The molecule has 0 radical (unpaired) electrons. The zero-order valence-electron chi connectivity index (χ0n) is 17.1. The highest BCUT2D eigenvalue weighted by atomic mass is 16.5. The molecule has 2 atom stereocenters. The van der Waals surface area contributed by atoms with Gasteiger partial charge in [0.05, 0.1) is 13.2 Å². The van der Waals surface area contributed by atoms with Crippen LogP contribution in [0.25, 0.3) is 0 Å². The molecule has 4 aliphatic rings. The molecule has 0 bridgehead atoms. The maximum absolute atomic E-state index is 5.18. The van der Waals surface area contributed by atoms with Crippen LogP contribution in [0.15, 0.2) is 0 Å². The molecule has 0 aromatic heterocycles. The standard InChI is InChI=1S/2C6H12O.C5H10O.C4H8O.2CH4/c1-6-2-4-7-5-3-6;1-6-3-2-4-7-5-6;1-5-2-3-6-4-5;1-4-2-5-3-4;;/h2*6H,2-5H2,1H3;5H,2-4H2,1H3;4H,2-3H2,1H3;2*1H4. The third kappa shape index (κ3) is 17.7. The van der Waals surface area contributed by atoms with Gasteiger partial charge in [0.2, 0.25) is 0 Å². The largest absolute Gasteiger partial charge is 0.381 e. The zero-order chi connectivity index (χ0) is 18.3. The normalized spacial score (nSPS) is 27.6. The van der Waals surface area contributed by atoms with Crippen molar-refractivity contribution in [3.05, 3.63) is 0 Å². The minimum Gasteiger partial charge on any atom is -0.381 e. The first kappa shape index (κ1) is 29.0. The van der Waals surface area contributed by atoms with Gasteiger partial charge in [-0.1, -0.05) is 42.5 Å². The van der Waals surface area contributed by atoms with Crippen LogP contribution >= 0.6 is 0 Å². The first-order chi connectivity index (χ1) is 12.1. The summed E-state index contributed by atoms with van der Waals surface area (Å²) in [6.07, 6.45) is 6.42. The van der Waals surface area contributed by atoms with Gasteiger partial charge in [-0.05, 0) is 49.9 Å². The Bertz CT molecular complexity index is 260. The van der Waals surface area contributed by atoms with Crippen molar-refractivity contribution in [2.24, 2.45) is 23.7 Å². The van der Waals surface area contributed by atoms with Gasteiger partial charge < -0.3 is 18.9 Å². The summed E-state index contributed by atoms with van der Waals surface area (Å²) < 4.78 is 20.2. The lowest BCUT2D eigenvalue weighted by Crippen LogP contribution is -2.23. The molecule has 4 nitrogen and oxygen atoms in total. The Balaban J connectivity index is 0. The van der Waals surface area contributed by atoms with E-state index >= 15 is 0 Å². The summed E-state index contributed by atoms with van der Waals surface area (Å²) in [5, 5.41) is 0. The Kier molecular flexibility index (Phi) is 20.6. The molecule has 4 rings (SSSR count). The Morgan fingerprint density at radius 3 is 1.07 bits per heavy atom. The van der Waals surface area contributed by atoms with Crippen LogP contribution in [0, 0.1) is 23.7 Å². The SMILES string of the molecule is C.C.CC1CCCOC1.CC1CCOC1.CC1CCOCC1.CC1COC1. The maximum atomic E-state index is 5.18. The van der Waals surface area contributed by atoms with Crippen molar-refractivity contribution >= 4 is 0 Å². The van der Waals surface area contributed by atoms with Crippen molar-refractivity contribution in [2.45, 2.75) is 74.7 Å². The highest BCUT2D eigenvalue weighted by Crippen LogP contribution is 2.12. The van der Waals surface area contributed by atoms with Crippen molar-refractivity contribution < 1.29 is 18.9 Å². The van der Waals surface area contributed by atoms with Crippen molar-refractivity contribution in [3.63, 3.8) is 0 Å². The van der Waals surface area contributed by atoms with Crippen molar-refractivity contribution in [3.8, 4) is 0 Å². The lowest BCUT2D eigenvalue weighted by molar-refractivity contribution is -0.0221. The van der Waals surface area contributed by atoms with E-state index in [1.807, 2.05) is 0 Å². The summed E-state index contributed by atoms with van der Waals surface area (Å²) in [5.74, 6) is 3.39. The fourth-order valence-electron chi connectivity index (χ4n) is 2.72. The van der Waals surface area contributed by atoms with E-state index in [0.717, 1.165) is 76.5 Å². The van der Waals surface area contributed by atoms with E-state index in [9.17, 15) is 0 Å². The topological polar surface area (TPSA) is 36.9 Å². The van der Waals surface area contributed by atoms with E-state index in [2.05, 4.69) is 27.7 Å². The minimum atomic E-state index is 0. The van der Waals surface area contributed by atoms with E-state index in [0.29, 0.717) is 0 Å². The second kappa shape index (κ2) is 19.2. The average molecular weight is 391 g/mol. The minimum absolute atomic E-state index is 0. The molecule has 27 heavy (non-hydrogen) atoms. The smallest absolute Gasteiger partial charge is 0.0513 e. The molecule has 4 aliphatic heterocycles. The number of rotatable bonds is 0. The van der Waals surface area contributed by atoms with Crippen LogP contribution in [-0.4, -0.2) is 52.9 Å². The highest BCUT2D eigenvalue weighted by Gasteiger charge is 2.10. The van der Waals surface area contributed by atoms with Gasteiger partial charge in [-0.2, -0.15) is 0 Å². The summed E-state index contributed by atoms with van der Waals surface area (Å²) in [4.78, 5) is 0. The van der Waals surface area contributed by atoms with Crippen molar-refractivity contribution in [1.29, 1.82) is 0 Å². The summed E-state index contributed by atoms with van der Waals surface area (Å²) in [7, 11) is 0. The van der Waals surface area contributed by atoms with Crippen LogP contribution in [-0.2, 0) is 18.9 Å². The molecule has 4 fully saturated rings. The lowest BCUT2D eigenvalue weighted by atomic mass is 10.0. The van der Waals surface area contributed by atoms with Crippen LogP contribution in [0.3, 0.4) is 0 Å². The molecule has 0 amide bonds. The molecule has 166 valence electrons. The van der Waals surface area contributed by atoms with Gasteiger partial charge in [0.25, 0.3) is 0 Å². The Labute approximate surface area is 170 Å². The molecule has 0 N–H and O–H groups in total. The Hall–Kier alpha value is -0.160. The second-order valence-corrected chi connectivity index (χ2v) is 8.23. The fraction of sp³-hybridized carbons (Fsp3) is 1.00. The van der Waals surface area contributed by atoms with Gasteiger partial charge in [0.15, 0.2) is 0 Å². The Morgan fingerprint density at radius 2 is 0.889 bits per heavy atom. The summed E-state index contributed by atoms with van der Waals surface area (Å²) in [6, 6.07) is 0. The average Bonchev–Trinajstić information content (AvgIpc) is 3.07. The van der Waals surface area contributed by atoms with Gasteiger partial charge >= 0.3 is 0 Å². The van der Waals surface area contributed by atoms with Gasteiger partial charge in [-0.3, -0.25) is 0 Å². The molecule has 2 unspecified atom stereocenters. The van der Waals surface area contributed by atoms with E-state index < -0.39 is 0 Å². The van der Waals surface area contributed by atoms with Gasteiger partial charge in [0, 0.05) is 45.6 Å². The van der Waals surface area contributed by atoms with Crippen LogP contribution < -0.4 is 0 Å². The summed E-state index contributed by atoms with van der Waals surface area (Å²) >= 11 is 0. The van der Waals surface area contributed by atoms with Crippen LogP contribution in [0.5, 0.6) is 0 Å². The van der Waals surface area contributed by atoms with E-state index in [1.54, 1.807) is 0 Å². The number of hydrogen-bond acceptors (Lipinski definition) is 4. The maximum Gasteiger partial charge on any atom is 0.0513 e. The van der Waals surface area contributed by atoms with E-state index in [1.165, 1.54) is 32.1 Å². The van der Waals surface area contributed by atoms with E-state index in [4.69, 9.17) is 18.9 Å². The van der Waals surface area contributed by atoms with Crippen molar-refractivity contribution in [1.82, 2.24) is 0 Å². The molecular formula is C23H50O4. The van der Waals surface area contributed by atoms with Crippen LogP contribution in [0.4, 0.5) is 0 Å². The fourth-order valence-corrected chi connectivity index (χ4v) is 2.72. The molecule has 4 heterocycles. The predicted molar refractivity (Wildman–Crippen MR) is 116 cm³/mol. The molecule has 0 aromatic carbocycles. The zero-order valence-corrected chi connectivity index (χ0v) is 17.1. The van der Waals surface area contributed by atoms with Crippen molar-refractivity contribution in [2.75, 3.05) is 52.9 Å². The van der Waals surface area contributed by atoms with Crippen LogP contribution in [0.1, 0.15) is 74.7 Å². The molecule has 0 saturated carbocycles. The lowest BCUT2D eigenvalue weighted by Gasteiger charge is -2.20. The van der Waals surface area contributed by atoms with Gasteiger partial charge in [-0.25, -0.2) is 0 Å². The summed E-state index contributed by atoms with van der Waals surface area (Å²) in [6.45, 7) is 16.8. The third-order valence-electron chi connectivity index (χ3n) is 4.86.